The fourth-order valence-corrected chi connectivity index (χ4v) is 4.59. The van der Waals surface area contributed by atoms with Crippen LogP contribution in [0.15, 0.2) is 30.5 Å². The molecule has 0 bridgehead atoms. The van der Waals surface area contributed by atoms with E-state index in [9.17, 15) is 18.0 Å². The second-order valence-electron chi connectivity index (χ2n) is 8.24. The van der Waals surface area contributed by atoms with Gasteiger partial charge in [-0.2, -0.15) is 13.2 Å². The summed E-state index contributed by atoms with van der Waals surface area (Å²) in [6.45, 7) is 4.28. The van der Waals surface area contributed by atoms with Crippen molar-refractivity contribution in [1.29, 1.82) is 0 Å². The largest absolute Gasteiger partial charge is 0.418 e. The van der Waals surface area contributed by atoms with Crippen LogP contribution in [0.2, 0.25) is 0 Å². The maximum absolute atomic E-state index is 13.4. The lowest BCUT2D eigenvalue weighted by Gasteiger charge is -2.39. The summed E-state index contributed by atoms with van der Waals surface area (Å²) < 4.78 is 40.2. The molecule has 2 fully saturated rings. The van der Waals surface area contributed by atoms with Crippen LogP contribution < -0.4 is 10.2 Å². The lowest BCUT2D eigenvalue weighted by molar-refractivity contribution is -0.136. The quantitative estimate of drug-likeness (QED) is 0.850. The number of likely N-dealkylation sites (tertiary alicyclic amines) is 1. The summed E-state index contributed by atoms with van der Waals surface area (Å²) in [5.74, 6) is 0.462. The van der Waals surface area contributed by atoms with Gasteiger partial charge in [-0.05, 0) is 43.0 Å². The Kier molecular flexibility index (Phi) is 5.14. The van der Waals surface area contributed by atoms with E-state index in [4.69, 9.17) is 0 Å². The Morgan fingerprint density at radius 3 is 2.69 bits per heavy atom. The number of nitrogens with zero attached hydrogens (tertiary/aromatic N) is 3. The van der Waals surface area contributed by atoms with E-state index in [1.165, 1.54) is 6.20 Å². The number of rotatable bonds is 3. The van der Waals surface area contributed by atoms with E-state index in [2.05, 4.69) is 22.1 Å². The lowest BCUT2D eigenvalue weighted by atomic mass is 9.94. The monoisotopic (exact) mass is 406 g/mol. The molecule has 5 nitrogen and oxygen atoms in total. The maximum Gasteiger partial charge on any atom is 0.418 e. The maximum atomic E-state index is 13.4. The van der Waals surface area contributed by atoms with E-state index >= 15 is 0 Å². The van der Waals surface area contributed by atoms with Crippen molar-refractivity contribution < 1.29 is 18.0 Å². The number of piperidine rings is 1. The molecule has 2 saturated heterocycles. The topological polar surface area (TPSA) is 48.5 Å². The SMILES string of the molecule is C[C@H]1C[C@@H](N[C@H]2CCN(C)C2=O)CN(c2ccc(C(F)(F)F)c3ncccc23)C1. The average Bonchev–Trinajstić information content (AvgIpc) is 2.98. The molecule has 4 rings (SSSR count). The van der Waals surface area contributed by atoms with Crippen molar-refractivity contribution in [2.75, 3.05) is 31.6 Å². The molecule has 1 N–H and O–H groups in total. The van der Waals surface area contributed by atoms with Crippen LogP contribution in [0.25, 0.3) is 10.9 Å². The van der Waals surface area contributed by atoms with Gasteiger partial charge in [0.2, 0.25) is 5.91 Å². The van der Waals surface area contributed by atoms with Gasteiger partial charge in [-0.3, -0.25) is 9.78 Å². The standard InChI is InChI=1S/C21H25F3N4O/c1-13-10-14(26-17-7-9-27(2)20(17)29)12-28(11-13)18-6-5-16(21(22,23)24)19-15(18)4-3-8-25-19/h3-6,8,13-14,17,26H,7,9-12H2,1-2H3/t13-,14+,17-/m0/s1. The van der Waals surface area contributed by atoms with Gasteiger partial charge in [0, 0.05) is 50.0 Å². The number of amides is 1. The average molecular weight is 406 g/mol. The zero-order valence-corrected chi connectivity index (χ0v) is 16.5. The van der Waals surface area contributed by atoms with Crippen LogP contribution in [0.1, 0.15) is 25.3 Å². The highest BCUT2D eigenvalue weighted by Gasteiger charge is 2.36. The molecule has 0 unspecified atom stereocenters. The molecule has 3 atom stereocenters. The number of carbonyl (C=O) groups excluding carboxylic acids is 1. The Balaban J connectivity index is 1.62. The summed E-state index contributed by atoms with van der Waals surface area (Å²) in [6, 6.07) is 5.97. The minimum atomic E-state index is -4.45. The molecule has 29 heavy (non-hydrogen) atoms. The first kappa shape index (κ1) is 19.9. The number of hydrogen-bond donors (Lipinski definition) is 1. The highest BCUT2D eigenvalue weighted by molar-refractivity contribution is 5.94. The van der Waals surface area contributed by atoms with Gasteiger partial charge in [-0.1, -0.05) is 6.92 Å². The van der Waals surface area contributed by atoms with Gasteiger partial charge >= 0.3 is 6.18 Å². The Morgan fingerprint density at radius 1 is 1.21 bits per heavy atom. The molecular formula is C21H25F3N4O. The van der Waals surface area contributed by atoms with E-state index in [-0.39, 0.29) is 23.5 Å². The number of anilines is 1. The van der Waals surface area contributed by atoms with Crippen LogP contribution in [0.4, 0.5) is 18.9 Å². The van der Waals surface area contributed by atoms with Crippen LogP contribution in [0, 0.1) is 5.92 Å². The molecule has 1 aromatic heterocycles. The van der Waals surface area contributed by atoms with Gasteiger partial charge in [0.15, 0.2) is 0 Å². The molecule has 2 aromatic rings. The van der Waals surface area contributed by atoms with Crippen LogP contribution in [0.3, 0.4) is 0 Å². The Labute approximate surface area is 167 Å². The number of nitrogens with one attached hydrogen (secondary N) is 1. The normalized spacial score (nSPS) is 25.8. The zero-order chi connectivity index (χ0) is 20.8. The van der Waals surface area contributed by atoms with E-state index in [1.807, 2.05) is 0 Å². The molecule has 2 aliphatic rings. The zero-order valence-electron chi connectivity index (χ0n) is 16.5. The minimum absolute atomic E-state index is 0.0205. The van der Waals surface area contributed by atoms with E-state index in [0.29, 0.717) is 17.8 Å². The first-order valence-electron chi connectivity index (χ1n) is 9.95. The molecule has 156 valence electrons. The van der Waals surface area contributed by atoms with Gasteiger partial charge < -0.3 is 15.1 Å². The van der Waals surface area contributed by atoms with Crippen molar-refractivity contribution in [2.24, 2.45) is 5.92 Å². The molecule has 2 aliphatic heterocycles. The molecule has 0 spiro atoms. The van der Waals surface area contributed by atoms with Crippen molar-refractivity contribution in [3.05, 3.63) is 36.0 Å². The first-order valence-corrected chi connectivity index (χ1v) is 9.95. The number of alkyl halides is 3. The molecule has 0 saturated carbocycles. The van der Waals surface area contributed by atoms with Crippen LogP contribution in [-0.4, -0.2) is 54.6 Å². The third-order valence-corrected chi connectivity index (χ3v) is 5.92. The van der Waals surface area contributed by atoms with Crippen molar-refractivity contribution in [1.82, 2.24) is 15.2 Å². The molecule has 8 heteroatoms. The first-order chi connectivity index (χ1) is 13.7. The van der Waals surface area contributed by atoms with Crippen LogP contribution in [-0.2, 0) is 11.0 Å². The molecular weight excluding hydrogens is 381 g/mol. The highest BCUT2D eigenvalue weighted by atomic mass is 19.4. The predicted molar refractivity (Wildman–Crippen MR) is 106 cm³/mol. The number of fused-ring (bicyclic) bond motifs is 1. The van der Waals surface area contributed by atoms with Crippen molar-refractivity contribution >= 4 is 22.5 Å². The van der Waals surface area contributed by atoms with Gasteiger partial charge in [0.05, 0.1) is 17.1 Å². The number of carbonyl (C=O) groups is 1. The molecule has 1 amide bonds. The second-order valence-corrected chi connectivity index (χ2v) is 8.24. The number of likely N-dealkylation sites (N-methyl/N-ethyl adjacent to an activating group) is 1. The lowest BCUT2D eigenvalue weighted by Crippen LogP contribution is -2.53. The summed E-state index contributed by atoms with van der Waals surface area (Å²) >= 11 is 0. The minimum Gasteiger partial charge on any atom is -0.369 e. The smallest absolute Gasteiger partial charge is 0.369 e. The summed E-state index contributed by atoms with van der Waals surface area (Å²) in [6.07, 6.45) is -1.33. The van der Waals surface area contributed by atoms with Gasteiger partial charge in [0.25, 0.3) is 0 Å². The molecule has 3 heterocycles. The fourth-order valence-electron chi connectivity index (χ4n) is 4.59. The third kappa shape index (κ3) is 3.90. The van der Waals surface area contributed by atoms with Crippen molar-refractivity contribution in [2.45, 2.75) is 38.0 Å². The molecule has 0 aliphatic carbocycles. The number of aromatic nitrogens is 1. The summed E-state index contributed by atoms with van der Waals surface area (Å²) in [5, 5.41) is 3.99. The highest BCUT2D eigenvalue weighted by Crippen LogP contribution is 2.38. The summed E-state index contributed by atoms with van der Waals surface area (Å²) in [7, 11) is 1.81. The number of pyridine rings is 1. The summed E-state index contributed by atoms with van der Waals surface area (Å²) in [4.78, 5) is 20.1. The number of hydrogen-bond acceptors (Lipinski definition) is 4. The van der Waals surface area contributed by atoms with Crippen molar-refractivity contribution in [3.8, 4) is 0 Å². The van der Waals surface area contributed by atoms with E-state index < -0.39 is 11.7 Å². The Hall–Kier alpha value is -2.35. The van der Waals surface area contributed by atoms with Crippen molar-refractivity contribution in [3.63, 3.8) is 0 Å². The Morgan fingerprint density at radius 2 is 2.00 bits per heavy atom. The van der Waals surface area contributed by atoms with Crippen LogP contribution >= 0.6 is 0 Å². The van der Waals surface area contributed by atoms with Gasteiger partial charge in [-0.15, -0.1) is 0 Å². The number of benzene rings is 1. The molecule has 0 radical (unpaired) electrons. The second kappa shape index (κ2) is 7.48. The number of halogens is 3. The Bertz CT molecular complexity index is 916. The molecule has 1 aromatic carbocycles. The predicted octanol–water partition coefficient (Wildman–Crippen LogP) is 3.29. The third-order valence-electron chi connectivity index (χ3n) is 5.92. The summed E-state index contributed by atoms with van der Waals surface area (Å²) in [5.41, 5.74) is 0.0262. The van der Waals surface area contributed by atoms with E-state index in [1.54, 1.807) is 30.1 Å². The fraction of sp³-hybridized carbons (Fsp3) is 0.524. The van der Waals surface area contributed by atoms with Crippen LogP contribution in [0.5, 0.6) is 0 Å². The van der Waals surface area contributed by atoms with E-state index in [0.717, 1.165) is 37.7 Å². The van der Waals surface area contributed by atoms with Gasteiger partial charge in [0.1, 0.15) is 0 Å². The van der Waals surface area contributed by atoms with Gasteiger partial charge in [-0.25, -0.2) is 0 Å².